The van der Waals surface area contributed by atoms with Gasteiger partial charge in [0.15, 0.2) is 0 Å². The van der Waals surface area contributed by atoms with E-state index in [2.05, 4.69) is 0 Å². The van der Waals surface area contributed by atoms with Gasteiger partial charge in [-0.3, -0.25) is 9.59 Å². The number of amides is 1. The first kappa shape index (κ1) is 10.5. The summed E-state index contributed by atoms with van der Waals surface area (Å²) in [6.45, 7) is 0. The zero-order valence-corrected chi connectivity index (χ0v) is 9.03. The second kappa shape index (κ2) is 3.51. The number of carbonyl (C=O) groups is 2. The molecular weight excluding hydrogens is 194 g/mol. The molecule has 0 aromatic carbocycles. The topological polar surface area (TPSA) is 57.6 Å². The number of carboxylic acid groups (broad SMARTS) is 1. The van der Waals surface area contributed by atoms with Crippen molar-refractivity contribution in [2.45, 2.75) is 44.6 Å². The van der Waals surface area contributed by atoms with E-state index in [-0.39, 0.29) is 12.3 Å². The van der Waals surface area contributed by atoms with Crippen LogP contribution in [0, 0.1) is 5.41 Å². The van der Waals surface area contributed by atoms with Gasteiger partial charge in [-0.15, -0.1) is 0 Å². The van der Waals surface area contributed by atoms with E-state index in [9.17, 15) is 9.59 Å². The summed E-state index contributed by atoms with van der Waals surface area (Å²) in [5.41, 5.74) is -0.736. The maximum absolute atomic E-state index is 11.8. The fraction of sp³-hybridized carbons (Fsp3) is 0.818. The van der Waals surface area contributed by atoms with Gasteiger partial charge in [-0.05, 0) is 25.7 Å². The summed E-state index contributed by atoms with van der Waals surface area (Å²) in [7, 11) is 1.79. The molecule has 2 rings (SSSR count). The Kier molecular flexibility index (Phi) is 2.44. The molecule has 2 aliphatic rings. The number of aliphatic carboxylic acids is 1. The molecule has 0 saturated heterocycles. The molecule has 84 valence electrons. The molecule has 0 radical (unpaired) electrons. The highest BCUT2D eigenvalue weighted by atomic mass is 16.4. The second-order valence-corrected chi connectivity index (χ2v) is 4.85. The lowest BCUT2D eigenvalue weighted by atomic mass is 9.66. The molecule has 0 atom stereocenters. The van der Waals surface area contributed by atoms with E-state index in [4.69, 9.17) is 5.11 Å². The van der Waals surface area contributed by atoms with Gasteiger partial charge in [-0.2, -0.15) is 0 Å². The maximum atomic E-state index is 11.8. The van der Waals surface area contributed by atoms with Gasteiger partial charge in [0.05, 0.1) is 5.41 Å². The van der Waals surface area contributed by atoms with Gasteiger partial charge in [-0.1, -0.05) is 6.42 Å². The summed E-state index contributed by atoms with van der Waals surface area (Å²) < 4.78 is 0. The predicted molar refractivity (Wildman–Crippen MR) is 54.3 cm³/mol. The van der Waals surface area contributed by atoms with E-state index in [0.29, 0.717) is 18.9 Å². The molecule has 0 aromatic rings. The number of rotatable bonds is 4. The van der Waals surface area contributed by atoms with Crippen molar-refractivity contribution in [3.05, 3.63) is 0 Å². The third-order valence-electron chi connectivity index (χ3n) is 3.74. The molecule has 0 aromatic heterocycles. The molecular formula is C11H17NO3. The van der Waals surface area contributed by atoms with Crippen LogP contribution in [0.15, 0.2) is 0 Å². The standard InChI is InChI=1S/C11H17NO3/c1-12(8-3-4-8)9(13)7-11(10(14)15)5-2-6-11/h8H,2-7H2,1H3,(H,14,15). The van der Waals surface area contributed by atoms with Crippen molar-refractivity contribution < 1.29 is 14.7 Å². The summed E-state index contributed by atoms with van der Waals surface area (Å²) in [4.78, 5) is 24.6. The molecule has 0 spiro atoms. The van der Waals surface area contributed by atoms with E-state index in [0.717, 1.165) is 19.3 Å². The average molecular weight is 211 g/mol. The van der Waals surface area contributed by atoms with E-state index >= 15 is 0 Å². The number of hydrogen-bond acceptors (Lipinski definition) is 2. The molecule has 2 saturated carbocycles. The predicted octanol–water partition coefficient (Wildman–Crippen LogP) is 1.25. The van der Waals surface area contributed by atoms with Crippen molar-refractivity contribution in [2.24, 2.45) is 5.41 Å². The van der Waals surface area contributed by atoms with Crippen LogP contribution in [0.25, 0.3) is 0 Å². The van der Waals surface area contributed by atoms with Crippen molar-refractivity contribution in [3.8, 4) is 0 Å². The molecule has 4 heteroatoms. The molecule has 1 amide bonds. The maximum Gasteiger partial charge on any atom is 0.310 e. The Hall–Kier alpha value is -1.06. The summed E-state index contributed by atoms with van der Waals surface area (Å²) in [6.07, 6.45) is 4.59. The van der Waals surface area contributed by atoms with E-state index in [1.807, 2.05) is 0 Å². The van der Waals surface area contributed by atoms with Gasteiger partial charge >= 0.3 is 5.97 Å². The van der Waals surface area contributed by atoms with Gasteiger partial charge in [0.1, 0.15) is 0 Å². The molecule has 2 fully saturated rings. The number of carboxylic acids is 1. The van der Waals surface area contributed by atoms with Crippen LogP contribution in [0.3, 0.4) is 0 Å². The molecule has 0 unspecified atom stereocenters. The average Bonchev–Trinajstić information content (AvgIpc) is 2.91. The zero-order valence-electron chi connectivity index (χ0n) is 9.03. The Balaban J connectivity index is 1.94. The quantitative estimate of drug-likeness (QED) is 0.761. The molecule has 0 bridgehead atoms. The summed E-state index contributed by atoms with van der Waals surface area (Å²) in [5, 5.41) is 9.10. The summed E-state index contributed by atoms with van der Waals surface area (Å²) >= 11 is 0. The lowest BCUT2D eigenvalue weighted by Gasteiger charge is -2.38. The summed E-state index contributed by atoms with van der Waals surface area (Å²) in [6, 6.07) is 0.378. The van der Waals surface area contributed by atoms with E-state index in [1.165, 1.54) is 0 Å². The van der Waals surface area contributed by atoms with Crippen LogP contribution in [-0.4, -0.2) is 35.0 Å². The monoisotopic (exact) mass is 211 g/mol. The Bertz CT molecular complexity index is 292. The third kappa shape index (κ3) is 1.85. The van der Waals surface area contributed by atoms with Crippen molar-refractivity contribution >= 4 is 11.9 Å². The van der Waals surface area contributed by atoms with Crippen molar-refractivity contribution in [1.29, 1.82) is 0 Å². The summed E-state index contributed by atoms with van der Waals surface area (Å²) in [5.74, 6) is -0.800. The molecule has 2 aliphatic carbocycles. The first-order valence-corrected chi connectivity index (χ1v) is 5.54. The van der Waals surface area contributed by atoms with Crippen LogP contribution >= 0.6 is 0 Å². The highest BCUT2D eigenvalue weighted by Gasteiger charge is 2.47. The van der Waals surface area contributed by atoms with Crippen LogP contribution < -0.4 is 0 Å². The van der Waals surface area contributed by atoms with Gasteiger partial charge < -0.3 is 10.0 Å². The molecule has 15 heavy (non-hydrogen) atoms. The van der Waals surface area contributed by atoms with Crippen LogP contribution in [0.1, 0.15) is 38.5 Å². The highest BCUT2D eigenvalue weighted by molar-refractivity contribution is 5.85. The van der Waals surface area contributed by atoms with Gasteiger partial charge in [0.25, 0.3) is 0 Å². The Morgan fingerprint density at radius 2 is 2.00 bits per heavy atom. The van der Waals surface area contributed by atoms with Gasteiger partial charge in [-0.25, -0.2) is 0 Å². The van der Waals surface area contributed by atoms with Crippen molar-refractivity contribution in [1.82, 2.24) is 4.90 Å². The normalized spacial score (nSPS) is 23.0. The molecule has 1 N–H and O–H groups in total. The van der Waals surface area contributed by atoms with Gasteiger partial charge in [0.2, 0.25) is 5.91 Å². The number of hydrogen-bond donors (Lipinski definition) is 1. The number of nitrogens with zero attached hydrogens (tertiary/aromatic N) is 1. The fourth-order valence-corrected chi connectivity index (χ4v) is 2.15. The Labute approximate surface area is 89.3 Å². The van der Waals surface area contributed by atoms with E-state index in [1.54, 1.807) is 11.9 Å². The van der Waals surface area contributed by atoms with Crippen LogP contribution in [0.4, 0.5) is 0 Å². The van der Waals surface area contributed by atoms with E-state index < -0.39 is 11.4 Å². The Morgan fingerprint density at radius 3 is 2.33 bits per heavy atom. The fourth-order valence-electron chi connectivity index (χ4n) is 2.15. The zero-order chi connectivity index (χ0) is 11.1. The second-order valence-electron chi connectivity index (χ2n) is 4.85. The largest absolute Gasteiger partial charge is 0.481 e. The van der Waals surface area contributed by atoms with Crippen molar-refractivity contribution in [2.75, 3.05) is 7.05 Å². The first-order valence-electron chi connectivity index (χ1n) is 5.54. The minimum Gasteiger partial charge on any atom is -0.481 e. The smallest absolute Gasteiger partial charge is 0.310 e. The molecule has 0 heterocycles. The lowest BCUT2D eigenvalue weighted by molar-refractivity contribution is -0.159. The molecule has 0 aliphatic heterocycles. The molecule has 4 nitrogen and oxygen atoms in total. The first-order chi connectivity index (χ1) is 7.05. The highest BCUT2D eigenvalue weighted by Crippen LogP contribution is 2.45. The minimum absolute atomic E-state index is 0.000370. The van der Waals surface area contributed by atoms with Gasteiger partial charge in [0, 0.05) is 19.5 Å². The third-order valence-corrected chi connectivity index (χ3v) is 3.74. The van der Waals surface area contributed by atoms with Crippen molar-refractivity contribution in [3.63, 3.8) is 0 Å². The lowest BCUT2D eigenvalue weighted by Crippen LogP contribution is -2.43. The minimum atomic E-state index is -0.800. The van der Waals surface area contributed by atoms with Crippen LogP contribution in [-0.2, 0) is 9.59 Å². The van der Waals surface area contributed by atoms with Crippen LogP contribution in [0.5, 0.6) is 0 Å². The SMILES string of the molecule is CN(C(=O)CC1(C(=O)O)CCC1)C1CC1. The number of carbonyl (C=O) groups excluding carboxylic acids is 1. The van der Waals surface area contributed by atoms with Crippen LogP contribution in [0.2, 0.25) is 0 Å². The Morgan fingerprint density at radius 1 is 1.40 bits per heavy atom.